The number of carbonyl (C=O) groups is 1. The molecule has 12 heavy (non-hydrogen) atoms. The lowest BCUT2D eigenvalue weighted by molar-refractivity contribution is -0.410. The van der Waals surface area contributed by atoms with Crippen LogP contribution in [0.15, 0.2) is 0 Å². The molecule has 3 heteroatoms. The van der Waals surface area contributed by atoms with Crippen molar-refractivity contribution < 1.29 is 14.6 Å². The molecule has 2 saturated carbocycles. The van der Waals surface area contributed by atoms with Crippen molar-refractivity contribution in [1.29, 1.82) is 0 Å². The van der Waals surface area contributed by atoms with Gasteiger partial charge in [-0.25, -0.2) is 4.79 Å². The third kappa shape index (κ3) is 0.724. The zero-order valence-electron chi connectivity index (χ0n) is 6.91. The molecule has 1 spiro atoms. The molecule has 0 aromatic heterocycles. The van der Waals surface area contributed by atoms with Crippen LogP contribution in [0.1, 0.15) is 32.1 Å². The molecule has 0 aromatic rings. The van der Waals surface area contributed by atoms with Gasteiger partial charge in [-0.2, -0.15) is 4.89 Å². The van der Waals surface area contributed by atoms with Crippen LogP contribution in [0.3, 0.4) is 0 Å². The Morgan fingerprint density at radius 2 is 1.92 bits per heavy atom. The van der Waals surface area contributed by atoms with Crippen LogP contribution in [0, 0.1) is 11.8 Å². The van der Waals surface area contributed by atoms with E-state index in [-0.39, 0.29) is 5.97 Å². The summed E-state index contributed by atoms with van der Waals surface area (Å²) in [6.07, 6.45) is 5.68. The fraction of sp³-hybridized carbons (Fsp3) is 0.889. The van der Waals surface area contributed by atoms with E-state index >= 15 is 0 Å². The third-order valence-corrected chi connectivity index (χ3v) is 3.54. The first-order valence-corrected chi connectivity index (χ1v) is 4.69. The van der Waals surface area contributed by atoms with E-state index in [9.17, 15) is 4.79 Å². The molecule has 0 amide bonds. The molecule has 1 heterocycles. The molecule has 0 aromatic carbocycles. The Balaban J connectivity index is 1.86. The average molecular weight is 168 g/mol. The van der Waals surface area contributed by atoms with Gasteiger partial charge >= 0.3 is 5.97 Å². The zero-order valence-corrected chi connectivity index (χ0v) is 6.91. The minimum absolute atomic E-state index is 0.126. The van der Waals surface area contributed by atoms with E-state index < -0.39 is 5.60 Å². The maximum absolute atomic E-state index is 11.2. The molecule has 0 radical (unpaired) electrons. The SMILES string of the molecule is O=C1OOC12CC1CCC(C1)C2. The Kier molecular flexibility index (Phi) is 1.16. The highest BCUT2D eigenvalue weighted by Gasteiger charge is 2.58. The number of hydrogen-bond acceptors (Lipinski definition) is 3. The second kappa shape index (κ2) is 2.02. The fourth-order valence-electron chi connectivity index (χ4n) is 2.99. The van der Waals surface area contributed by atoms with Gasteiger partial charge < -0.3 is 0 Å². The molecule has 3 rings (SSSR count). The van der Waals surface area contributed by atoms with Crippen LogP contribution < -0.4 is 0 Å². The smallest absolute Gasteiger partial charge is 0.294 e. The van der Waals surface area contributed by atoms with Crippen LogP contribution in [0.25, 0.3) is 0 Å². The van der Waals surface area contributed by atoms with Crippen LogP contribution >= 0.6 is 0 Å². The summed E-state index contributed by atoms with van der Waals surface area (Å²) >= 11 is 0. The van der Waals surface area contributed by atoms with Crippen LogP contribution in [0.2, 0.25) is 0 Å². The van der Waals surface area contributed by atoms with Crippen molar-refractivity contribution in [3.8, 4) is 0 Å². The van der Waals surface area contributed by atoms with Crippen LogP contribution in [0.4, 0.5) is 0 Å². The predicted molar refractivity (Wildman–Crippen MR) is 40.0 cm³/mol. The first-order valence-electron chi connectivity index (χ1n) is 4.69. The van der Waals surface area contributed by atoms with Gasteiger partial charge in [-0.1, -0.05) is 12.8 Å². The van der Waals surface area contributed by atoms with Gasteiger partial charge in [0.15, 0.2) is 0 Å². The van der Waals surface area contributed by atoms with Gasteiger partial charge in [-0.15, -0.1) is 0 Å². The lowest BCUT2D eigenvalue weighted by Gasteiger charge is -2.41. The van der Waals surface area contributed by atoms with E-state index in [0.717, 1.165) is 24.7 Å². The molecule has 2 unspecified atom stereocenters. The molecule has 3 nitrogen and oxygen atoms in total. The summed E-state index contributed by atoms with van der Waals surface area (Å²) in [5.74, 6) is 1.31. The summed E-state index contributed by atoms with van der Waals surface area (Å²) in [7, 11) is 0. The standard InChI is InChI=1S/C9H12O3/c10-8-9(12-11-8)4-6-1-2-7(3-6)5-9/h6-7H,1-5H2. The van der Waals surface area contributed by atoms with Crippen LogP contribution in [-0.4, -0.2) is 11.6 Å². The molecule has 66 valence electrons. The van der Waals surface area contributed by atoms with Gasteiger partial charge in [0.05, 0.1) is 0 Å². The van der Waals surface area contributed by atoms with E-state index in [0.29, 0.717) is 0 Å². The minimum Gasteiger partial charge on any atom is -0.294 e. The van der Waals surface area contributed by atoms with Gasteiger partial charge in [0.2, 0.25) is 5.60 Å². The Morgan fingerprint density at radius 3 is 2.33 bits per heavy atom. The first-order chi connectivity index (χ1) is 5.78. The second-order valence-electron chi connectivity index (χ2n) is 4.40. The van der Waals surface area contributed by atoms with E-state index in [2.05, 4.69) is 4.89 Å². The van der Waals surface area contributed by atoms with Crippen molar-refractivity contribution in [2.45, 2.75) is 37.7 Å². The van der Waals surface area contributed by atoms with Crippen LogP contribution in [-0.2, 0) is 14.6 Å². The van der Waals surface area contributed by atoms with Crippen LogP contribution in [0.5, 0.6) is 0 Å². The zero-order chi connectivity index (χ0) is 8.18. The number of carbonyl (C=O) groups excluding carboxylic acids is 1. The molecule has 2 aliphatic carbocycles. The summed E-state index contributed by atoms with van der Waals surface area (Å²) in [6.45, 7) is 0. The first kappa shape index (κ1) is 6.89. The fourth-order valence-corrected chi connectivity index (χ4v) is 2.99. The number of fused-ring (bicyclic) bond motifs is 2. The van der Waals surface area contributed by atoms with Gasteiger partial charge in [0.1, 0.15) is 0 Å². The molecule has 1 saturated heterocycles. The molecule has 2 bridgehead atoms. The predicted octanol–water partition coefficient (Wildman–Crippen LogP) is 1.42. The summed E-state index contributed by atoms with van der Waals surface area (Å²) in [4.78, 5) is 20.6. The van der Waals surface area contributed by atoms with Gasteiger partial charge in [0, 0.05) is 0 Å². The third-order valence-electron chi connectivity index (χ3n) is 3.54. The molecule has 1 aliphatic heterocycles. The molecule has 0 N–H and O–H groups in total. The van der Waals surface area contributed by atoms with Crippen molar-refractivity contribution in [1.82, 2.24) is 0 Å². The quantitative estimate of drug-likeness (QED) is 0.513. The second-order valence-corrected chi connectivity index (χ2v) is 4.40. The maximum atomic E-state index is 11.2. The monoisotopic (exact) mass is 168 g/mol. The minimum atomic E-state index is -0.496. The maximum Gasteiger partial charge on any atom is 0.378 e. The van der Waals surface area contributed by atoms with Crippen molar-refractivity contribution in [3.63, 3.8) is 0 Å². The van der Waals surface area contributed by atoms with Crippen molar-refractivity contribution in [3.05, 3.63) is 0 Å². The van der Waals surface area contributed by atoms with E-state index in [4.69, 9.17) is 4.89 Å². The highest BCUT2D eigenvalue weighted by molar-refractivity contribution is 5.82. The average Bonchev–Trinajstić information content (AvgIpc) is 2.43. The molecule has 2 atom stereocenters. The largest absolute Gasteiger partial charge is 0.378 e. The molecular weight excluding hydrogens is 156 g/mol. The Bertz CT molecular complexity index is 224. The Morgan fingerprint density at radius 1 is 1.25 bits per heavy atom. The van der Waals surface area contributed by atoms with Crippen molar-refractivity contribution >= 4 is 5.97 Å². The van der Waals surface area contributed by atoms with Gasteiger partial charge in [-0.05, 0) is 31.1 Å². The lowest BCUT2D eigenvalue weighted by atomic mass is 9.77. The van der Waals surface area contributed by atoms with E-state index in [1.54, 1.807) is 0 Å². The van der Waals surface area contributed by atoms with E-state index in [1.807, 2.05) is 0 Å². The Hall–Kier alpha value is -0.570. The van der Waals surface area contributed by atoms with Gasteiger partial charge in [0.25, 0.3) is 0 Å². The normalized spacial score (nSPS) is 50.5. The summed E-state index contributed by atoms with van der Waals surface area (Å²) in [5, 5.41) is 0. The Labute approximate surface area is 71.0 Å². The molecular formula is C9H12O3. The van der Waals surface area contributed by atoms with Crippen molar-refractivity contribution in [2.75, 3.05) is 0 Å². The lowest BCUT2D eigenvalue weighted by Crippen LogP contribution is -2.55. The summed E-state index contributed by atoms with van der Waals surface area (Å²) in [6, 6.07) is 0. The highest BCUT2D eigenvalue weighted by atomic mass is 17.3. The molecule has 3 aliphatic rings. The number of hydrogen-bond donors (Lipinski definition) is 0. The number of rotatable bonds is 0. The summed E-state index contributed by atoms with van der Waals surface area (Å²) < 4.78 is 0. The topological polar surface area (TPSA) is 35.5 Å². The highest BCUT2D eigenvalue weighted by Crippen LogP contribution is 2.51. The summed E-state index contributed by atoms with van der Waals surface area (Å²) in [5.41, 5.74) is -0.496. The van der Waals surface area contributed by atoms with E-state index in [1.165, 1.54) is 19.3 Å². The van der Waals surface area contributed by atoms with Gasteiger partial charge in [-0.3, -0.25) is 4.89 Å². The molecule has 3 fully saturated rings. The van der Waals surface area contributed by atoms with Crippen molar-refractivity contribution in [2.24, 2.45) is 11.8 Å².